The monoisotopic (exact) mass is 432 g/mol. The lowest BCUT2D eigenvalue weighted by Gasteiger charge is -2.11. The number of amides is 2. The fraction of sp³-hybridized carbons (Fsp3) is 0.0833. The molecule has 0 spiro atoms. The highest BCUT2D eigenvalue weighted by Crippen LogP contribution is 2.19. The van der Waals surface area contributed by atoms with Crippen LogP contribution in [0, 0.1) is 13.8 Å². The van der Waals surface area contributed by atoms with Gasteiger partial charge in [0, 0.05) is 11.4 Å². The van der Waals surface area contributed by atoms with E-state index in [1.165, 1.54) is 48.5 Å². The van der Waals surface area contributed by atoms with Crippen molar-refractivity contribution < 1.29 is 29.4 Å². The quantitative estimate of drug-likeness (QED) is 0.461. The highest BCUT2D eigenvalue weighted by atomic mass is 16.4. The molecule has 0 aliphatic heterocycles. The summed E-state index contributed by atoms with van der Waals surface area (Å²) >= 11 is 0. The minimum atomic E-state index is -1.20. The summed E-state index contributed by atoms with van der Waals surface area (Å²) in [4.78, 5) is 47.9. The van der Waals surface area contributed by atoms with E-state index in [1.54, 1.807) is 26.0 Å². The van der Waals surface area contributed by atoms with Crippen LogP contribution in [0.3, 0.4) is 0 Å². The van der Waals surface area contributed by atoms with E-state index in [0.29, 0.717) is 11.4 Å². The number of carbonyl (C=O) groups is 4. The molecule has 0 aliphatic rings. The van der Waals surface area contributed by atoms with Crippen molar-refractivity contribution >= 4 is 35.1 Å². The van der Waals surface area contributed by atoms with Crippen LogP contribution in [0.15, 0.2) is 60.7 Å². The lowest BCUT2D eigenvalue weighted by atomic mass is 10.0. The number of rotatable bonds is 6. The molecule has 0 aliphatic carbocycles. The van der Waals surface area contributed by atoms with E-state index in [0.717, 1.165) is 11.1 Å². The summed E-state index contributed by atoms with van der Waals surface area (Å²) in [5.41, 5.74) is 2.09. The second-order valence-electron chi connectivity index (χ2n) is 7.19. The number of nitrogens with one attached hydrogen (secondary N) is 2. The molecule has 0 atom stereocenters. The largest absolute Gasteiger partial charge is 0.478 e. The molecule has 32 heavy (non-hydrogen) atoms. The van der Waals surface area contributed by atoms with Gasteiger partial charge in [-0.25, -0.2) is 9.59 Å². The van der Waals surface area contributed by atoms with E-state index < -0.39 is 23.8 Å². The van der Waals surface area contributed by atoms with Crippen LogP contribution < -0.4 is 10.6 Å². The van der Waals surface area contributed by atoms with E-state index in [4.69, 9.17) is 0 Å². The molecule has 0 unspecified atom stereocenters. The van der Waals surface area contributed by atoms with Crippen LogP contribution >= 0.6 is 0 Å². The number of aromatic carboxylic acids is 2. The summed E-state index contributed by atoms with van der Waals surface area (Å²) < 4.78 is 0. The Morgan fingerprint density at radius 2 is 0.906 bits per heavy atom. The normalized spacial score (nSPS) is 10.3. The minimum absolute atomic E-state index is 0.0288. The van der Waals surface area contributed by atoms with Crippen LogP contribution in [0.4, 0.5) is 11.4 Å². The first kappa shape index (κ1) is 22.2. The number of carboxylic acid groups (broad SMARTS) is 2. The molecular formula is C24H20N2O6. The molecule has 4 N–H and O–H groups in total. The maximum absolute atomic E-state index is 12.5. The lowest BCUT2D eigenvalue weighted by Crippen LogP contribution is -2.17. The van der Waals surface area contributed by atoms with Gasteiger partial charge >= 0.3 is 11.9 Å². The third kappa shape index (κ3) is 4.99. The van der Waals surface area contributed by atoms with E-state index in [2.05, 4.69) is 10.6 Å². The molecule has 8 nitrogen and oxygen atoms in total. The van der Waals surface area contributed by atoms with Crippen LogP contribution in [-0.2, 0) is 0 Å². The van der Waals surface area contributed by atoms with Gasteiger partial charge in [-0.2, -0.15) is 0 Å². The van der Waals surface area contributed by atoms with Gasteiger partial charge in [-0.15, -0.1) is 0 Å². The van der Waals surface area contributed by atoms with Gasteiger partial charge in [-0.3, -0.25) is 9.59 Å². The van der Waals surface area contributed by atoms with Crippen LogP contribution in [0.5, 0.6) is 0 Å². The van der Waals surface area contributed by atoms with Crippen molar-refractivity contribution in [3.8, 4) is 0 Å². The zero-order valence-corrected chi connectivity index (χ0v) is 17.3. The van der Waals surface area contributed by atoms with Crippen molar-refractivity contribution in [2.75, 3.05) is 10.6 Å². The van der Waals surface area contributed by atoms with Crippen LogP contribution in [0.1, 0.15) is 52.6 Å². The molecule has 3 aromatic carbocycles. The first-order valence-electron chi connectivity index (χ1n) is 9.56. The highest BCUT2D eigenvalue weighted by Gasteiger charge is 2.18. The number of carbonyl (C=O) groups excluding carboxylic acids is 2. The zero-order chi connectivity index (χ0) is 23.4. The Morgan fingerprint density at radius 1 is 0.562 bits per heavy atom. The molecule has 162 valence electrons. The molecule has 8 heteroatoms. The predicted octanol–water partition coefficient (Wildman–Crippen LogP) is 4.20. The average Bonchev–Trinajstić information content (AvgIpc) is 2.74. The standard InChI is InChI=1S/C24H20N2O6/c1-13-3-9-17(19(11-13)23(29)30)21(27)25-15-5-7-16(8-6-15)26-22(28)18-10-4-14(2)12-20(18)24(31)32/h3-12H,1-2H3,(H,25,27)(H,26,28)(H,29,30)(H,31,32). The summed E-state index contributed by atoms with van der Waals surface area (Å²) in [6.45, 7) is 3.47. The summed E-state index contributed by atoms with van der Waals surface area (Å²) in [7, 11) is 0. The minimum Gasteiger partial charge on any atom is -0.478 e. The second-order valence-corrected chi connectivity index (χ2v) is 7.19. The van der Waals surface area contributed by atoms with E-state index >= 15 is 0 Å². The molecule has 0 saturated carbocycles. The van der Waals surface area contributed by atoms with E-state index in [-0.39, 0.29) is 22.3 Å². The van der Waals surface area contributed by atoms with Gasteiger partial charge in [-0.05, 0) is 62.4 Å². The molecule has 3 rings (SSSR count). The SMILES string of the molecule is Cc1ccc(C(=O)Nc2ccc(NC(=O)c3ccc(C)cc3C(=O)O)cc2)c(C(=O)O)c1. The Hall–Kier alpha value is -4.46. The smallest absolute Gasteiger partial charge is 0.336 e. The zero-order valence-electron chi connectivity index (χ0n) is 17.3. The third-order valence-electron chi connectivity index (χ3n) is 4.70. The maximum Gasteiger partial charge on any atom is 0.336 e. The molecule has 0 radical (unpaired) electrons. The number of anilines is 2. The summed E-state index contributed by atoms with van der Waals surface area (Å²) in [5, 5.41) is 23.9. The molecule has 0 fully saturated rings. The molecule has 0 saturated heterocycles. The Morgan fingerprint density at radius 3 is 1.22 bits per heavy atom. The topological polar surface area (TPSA) is 133 Å². The number of aryl methyl sites for hydroxylation is 2. The summed E-state index contributed by atoms with van der Waals surface area (Å²) in [6, 6.07) is 15.2. The molecule has 2 amide bonds. The summed E-state index contributed by atoms with van der Waals surface area (Å²) in [5.74, 6) is -3.56. The second kappa shape index (κ2) is 9.13. The van der Waals surface area contributed by atoms with Crippen molar-refractivity contribution in [3.05, 3.63) is 94.0 Å². The fourth-order valence-electron chi connectivity index (χ4n) is 3.10. The molecule has 3 aromatic rings. The van der Waals surface area contributed by atoms with Crippen molar-refractivity contribution in [2.24, 2.45) is 0 Å². The Labute approximate surface area is 183 Å². The van der Waals surface area contributed by atoms with Gasteiger partial charge in [-0.1, -0.05) is 23.3 Å². The van der Waals surface area contributed by atoms with Gasteiger partial charge in [0.05, 0.1) is 22.3 Å². The Bertz CT molecular complexity index is 1140. The molecule has 0 aromatic heterocycles. The van der Waals surface area contributed by atoms with Crippen LogP contribution in [0.2, 0.25) is 0 Å². The van der Waals surface area contributed by atoms with Crippen molar-refractivity contribution in [1.82, 2.24) is 0 Å². The molecule has 0 heterocycles. The fourth-order valence-corrected chi connectivity index (χ4v) is 3.10. The Balaban J connectivity index is 1.74. The van der Waals surface area contributed by atoms with Gasteiger partial charge in [0.25, 0.3) is 11.8 Å². The highest BCUT2D eigenvalue weighted by molar-refractivity contribution is 6.12. The molecule has 0 bridgehead atoms. The van der Waals surface area contributed by atoms with Crippen molar-refractivity contribution in [1.29, 1.82) is 0 Å². The number of benzene rings is 3. The van der Waals surface area contributed by atoms with Crippen LogP contribution in [-0.4, -0.2) is 34.0 Å². The number of hydrogen-bond donors (Lipinski definition) is 4. The van der Waals surface area contributed by atoms with E-state index in [1.807, 2.05) is 0 Å². The lowest BCUT2D eigenvalue weighted by molar-refractivity contribution is 0.0683. The van der Waals surface area contributed by atoms with Gasteiger partial charge in [0.1, 0.15) is 0 Å². The Kier molecular flexibility index (Phi) is 6.34. The van der Waals surface area contributed by atoms with Crippen molar-refractivity contribution in [3.63, 3.8) is 0 Å². The van der Waals surface area contributed by atoms with Gasteiger partial charge in [0.15, 0.2) is 0 Å². The maximum atomic E-state index is 12.5. The number of carboxylic acids is 2. The van der Waals surface area contributed by atoms with E-state index in [9.17, 15) is 29.4 Å². The average molecular weight is 432 g/mol. The first-order valence-corrected chi connectivity index (χ1v) is 9.56. The predicted molar refractivity (Wildman–Crippen MR) is 119 cm³/mol. The third-order valence-corrected chi connectivity index (χ3v) is 4.70. The number of hydrogen-bond acceptors (Lipinski definition) is 4. The van der Waals surface area contributed by atoms with Crippen molar-refractivity contribution in [2.45, 2.75) is 13.8 Å². The van der Waals surface area contributed by atoms with Gasteiger partial charge in [0.2, 0.25) is 0 Å². The summed E-state index contributed by atoms with van der Waals surface area (Å²) in [6.07, 6.45) is 0. The van der Waals surface area contributed by atoms with Crippen LogP contribution in [0.25, 0.3) is 0 Å². The molecular weight excluding hydrogens is 412 g/mol. The first-order chi connectivity index (χ1) is 15.2. The van der Waals surface area contributed by atoms with Gasteiger partial charge < -0.3 is 20.8 Å².